The van der Waals surface area contributed by atoms with Crippen molar-refractivity contribution in [3.8, 4) is 0 Å². The smallest absolute Gasteiger partial charge is 0.321 e. The summed E-state index contributed by atoms with van der Waals surface area (Å²) in [5, 5.41) is 2.95. The minimum absolute atomic E-state index is 0.0966. The van der Waals surface area contributed by atoms with Gasteiger partial charge in [-0.15, -0.1) is 0 Å². The molecule has 1 saturated heterocycles. The lowest BCUT2D eigenvalue weighted by Crippen LogP contribution is -2.53. The quantitative estimate of drug-likeness (QED) is 0.846. The summed E-state index contributed by atoms with van der Waals surface area (Å²) in [5.41, 5.74) is 2.90. The van der Waals surface area contributed by atoms with Crippen molar-refractivity contribution >= 4 is 17.6 Å². The van der Waals surface area contributed by atoms with Crippen molar-refractivity contribution < 1.29 is 9.59 Å². The topological polar surface area (TPSA) is 55.9 Å². The average Bonchev–Trinajstić information content (AvgIpc) is 2.74. The van der Waals surface area contributed by atoms with Crippen LogP contribution in [0.4, 0.5) is 10.5 Å². The van der Waals surface area contributed by atoms with E-state index in [0.717, 1.165) is 23.4 Å². The number of amides is 3. The van der Waals surface area contributed by atoms with E-state index in [1.807, 2.05) is 73.5 Å². The second kappa shape index (κ2) is 9.56. The maximum absolute atomic E-state index is 13.3. The first-order valence-electron chi connectivity index (χ1n) is 10.2. The van der Waals surface area contributed by atoms with Crippen LogP contribution in [-0.4, -0.2) is 66.4 Å². The zero-order valence-corrected chi connectivity index (χ0v) is 17.5. The normalized spacial score (nSPS) is 15.3. The van der Waals surface area contributed by atoms with Crippen LogP contribution < -0.4 is 5.32 Å². The second-order valence-corrected chi connectivity index (χ2v) is 7.50. The van der Waals surface area contributed by atoms with Crippen molar-refractivity contribution in [1.82, 2.24) is 14.7 Å². The third kappa shape index (κ3) is 5.15. The Bertz CT molecular complexity index is 832. The van der Waals surface area contributed by atoms with E-state index in [4.69, 9.17) is 0 Å². The van der Waals surface area contributed by atoms with Gasteiger partial charge in [-0.1, -0.05) is 49.4 Å². The lowest BCUT2D eigenvalue weighted by molar-refractivity contribution is -0.138. The predicted molar refractivity (Wildman–Crippen MR) is 116 cm³/mol. The van der Waals surface area contributed by atoms with Gasteiger partial charge < -0.3 is 15.1 Å². The maximum atomic E-state index is 13.3. The lowest BCUT2D eigenvalue weighted by atomic mass is 10.0. The van der Waals surface area contributed by atoms with Crippen LogP contribution in [0, 0.1) is 6.92 Å². The van der Waals surface area contributed by atoms with E-state index < -0.39 is 0 Å². The molecule has 2 aromatic rings. The van der Waals surface area contributed by atoms with E-state index in [1.54, 1.807) is 4.90 Å². The molecule has 0 spiro atoms. The molecule has 0 aliphatic carbocycles. The van der Waals surface area contributed by atoms with E-state index in [-0.39, 0.29) is 18.0 Å². The largest absolute Gasteiger partial charge is 0.337 e. The molecule has 1 aliphatic heterocycles. The van der Waals surface area contributed by atoms with Crippen LogP contribution in [0.15, 0.2) is 54.6 Å². The number of rotatable bonds is 5. The van der Waals surface area contributed by atoms with Crippen LogP contribution in [0.5, 0.6) is 0 Å². The standard InChI is InChI=1S/C23H30N4O2/c1-4-25(3)21(19-10-6-5-7-11-19)22(28)26-13-15-27(16-14-26)23(29)24-20-12-8-9-18(2)17-20/h5-12,17,21H,4,13-16H2,1-3H3,(H,24,29). The number of anilines is 1. The first-order valence-corrected chi connectivity index (χ1v) is 10.2. The number of carbonyl (C=O) groups excluding carboxylic acids is 2. The summed E-state index contributed by atoms with van der Waals surface area (Å²) in [6, 6.07) is 17.2. The van der Waals surface area contributed by atoms with Gasteiger partial charge in [-0.25, -0.2) is 4.79 Å². The van der Waals surface area contributed by atoms with Crippen LogP contribution >= 0.6 is 0 Å². The Morgan fingerprint density at radius 1 is 1.00 bits per heavy atom. The molecule has 1 heterocycles. The average molecular weight is 395 g/mol. The van der Waals surface area contributed by atoms with Gasteiger partial charge in [-0.3, -0.25) is 9.69 Å². The highest BCUT2D eigenvalue weighted by Crippen LogP contribution is 2.23. The van der Waals surface area contributed by atoms with E-state index in [0.29, 0.717) is 26.2 Å². The second-order valence-electron chi connectivity index (χ2n) is 7.50. The molecule has 29 heavy (non-hydrogen) atoms. The van der Waals surface area contributed by atoms with Crippen molar-refractivity contribution in [3.63, 3.8) is 0 Å². The van der Waals surface area contributed by atoms with Gasteiger partial charge in [0.05, 0.1) is 0 Å². The van der Waals surface area contributed by atoms with Crippen molar-refractivity contribution in [2.75, 3.05) is 45.1 Å². The summed E-state index contributed by atoms with van der Waals surface area (Å²) >= 11 is 0. The Morgan fingerprint density at radius 3 is 2.28 bits per heavy atom. The number of hydrogen-bond donors (Lipinski definition) is 1. The van der Waals surface area contributed by atoms with Crippen molar-refractivity contribution in [1.29, 1.82) is 0 Å². The van der Waals surface area contributed by atoms with Crippen molar-refractivity contribution in [2.45, 2.75) is 19.9 Å². The maximum Gasteiger partial charge on any atom is 0.321 e. The number of benzene rings is 2. The fraction of sp³-hybridized carbons (Fsp3) is 0.391. The van der Waals surface area contributed by atoms with E-state index in [1.165, 1.54) is 0 Å². The molecule has 6 heteroatoms. The summed E-state index contributed by atoms with van der Waals surface area (Å²) in [4.78, 5) is 31.5. The highest BCUT2D eigenvalue weighted by Gasteiger charge is 2.31. The number of nitrogens with one attached hydrogen (secondary N) is 1. The molecular weight excluding hydrogens is 364 g/mol. The number of carbonyl (C=O) groups is 2. The molecule has 1 N–H and O–H groups in total. The molecule has 154 valence electrons. The molecule has 3 amide bonds. The molecule has 2 aromatic carbocycles. The molecule has 0 bridgehead atoms. The third-order valence-corrected chi connectivity index (χ3v) is 5.44. The van der Waals surface area contributed by atoms with E-state index in [9.17, 15) is 9.59 Å². The number of piperazine rings is 1. The monoisotopic (exact) mass is 394 g/mol. The summed E-state index contributed by atoms with van der Waals surface area (Å²) in [7, 11) is 1.97. The van der Waals surface area contributed by atoms with Gasteiger partial charge in [0.1, 0.15) is 6.04 Å². The zero-order chi connectivity index (χ0) is 20.8. The van der Waals surface area contributed by atoms with Crippen LogP contribution in [0.2, 0.25) is 0 Å². The number of aryl methyl sites for hydroxylation is 1. The van der Waals surface area contributed by atoms with Crippen LogP contribution in [0.25, 0.3) is 0 Å². The molecule has 0 aromatic heterocycles. The Balaban J connectivity index is 1.61. The van der Waals surface area contributed by atoms with Crippen molar-refractivity contribution in [3.05, 3.63) is 65.7 Å². The van der Waals surface area contributed by atoms with Crippen LogP contribution in [0.1, 0.15) is 24.1 Å². The first-order chi connectivity index (χ1) is 14.0. The predicted octanol–water partition coefficient (Wildman–Crippen LogP) is 3.36. The van der Waals surface area contributed by atoms with Gasteiger partial charge in [-0.2, -0.15) is 0 Å². The lowest BCUT2D eigenvalue weighted by Gasteiger charge is -2.38. The Kier molecular flexibility index (Phi) is 6.88. The number of likely N-dealkylation sites (N-methyl/N-ethyl adjacent to an activating group) is 1. The van der Waals surface area contributed by atoms with Gasteiger partial charge in [0, 0.05) is 31.9 Å². The summed E-state index contributed by atoms with van der Waals surface area (Å²) < 4.78 is 0. The number of urea groups is 1. The molecule has 1 fully saturated rings. The van der Waals surface area contributed by atoms with Gasteiger partial charge >= 0.3 is 6.03 Å². The Labute approximate surface area is 173 Å². The minimum atomic E-state index is -0.297. The highest BCUT2D eigenvalue weighted by molar-refractivity contribution is 5.90. The molecule has 3 rings (SSSR count). The number of nitrogens with zero attached hydrogens (tertiary/aromatic N) is 3. The van der Waals surface area contributed by atoms with Gasteiger partial charge in [0.25, 0.3) is 0 Å². The van der Waals surface area contributed by atoms with Crippen LogP contribution in [0.3, 0.4) is 0 Å². The fourth-order valence-corrected chi connectivity index (χ4v) is 3.63. The van der Waals surface area contributed by atoms with Crippen molar-refractivity contribution in [2.24, 2.45) is 0 Å². The van der Waals surface area contributed by atoms with Gasteiger partial charge in [0.2, 0.25) is 5.91 Å². The molecule has 0 radical (unpaired) electrons. The SMILES string of the molecule is CCN(C)C(C(=O)N1CCN(C(=O)Nc2cccc(C)c2)CC1)c1ccccc1. The summed E-state index contributed by atoms with van der Waals surface area (Å²) in [6.45, 7) is 6.97. The molecule has 6 nitrogen and oxygen atoms in total. The minimum Gasteiger partial charge on any atom is -0.337 e. The van der Waals surface area contributed by atoms with E-state index in [2.05, 4.69) is 17.1 Å². The summed E-state index contributed by atoms with van der Waals surface area (Å²) in [5.74, 6) is 0.0966. The van der Waals surface area contributed by atoms with E-state index >= 15 is 0 Å². The third-order valence-electron chi connectivity index (χ3n) is 5.44. The molecule has 0 saturated carbocycles. The highest BCUT2D eigenvalue weighted by atomic mass is 16.2. The molecule has 1 unspecified atom stereocenters. The molecule has 1 aliphatic rings. The van der Waals surface area contributed by atoms with Gasteiger partial charge in [-0.05, 0) is 43.8 Å². The fourth-order valence-electron chi connectivity index (χ4n) is 3.63. The Morgan fingerprint density at radius 2 is 1.66 bits per heavy atom. The molecule has 1 atom stereocenters. The molecular formula is C23H30N4O2. The number of hydrogen-bond acceptors (Lipinski definition) is 3. The first kappa shape index (κ1) is 20.9. The van der Waals surface area contributed by atoms with Gasteiger partial charge in [0.15, 0.2) is 0 Å². The summed E-state index contributed by atoms with van der Waals surface area (Å²) in [6.07, 6.45) is 0. The van der Waals surface area contributed by atoms with Crippen LogP contribution in [-0.2, 0) is 4.79 Å². The zero-order valence-electron chi connectivity index (χ0n) is 17.5. The Hall–Kier alpha value is -2.86.